The number of aryl methyl sites for hydroxylation is 1. The van der Waals surface area contributed by atoms with E-state index in [2.05, 4.69) is 27.2 Å². The fraction of sp³-hybridized carbons (Fsp3) is 0.105. The first-order valence-corrected chi connectivity index (χ1v) is 7.99. The summed E-state index contributed by atoms with van der Waals surface area (Å²) in [4.78, 5) is 29.3. The van der Waals surface area contributed by atoms with Gasteiger partial charge >= 0.3 is 5.97 Å². The van der Waals surface area contributed by atoms with Crippen LogP contribution in [0.1, 0.15) is 17.3 Å². The van der Waals surface area contributed by atoms with Crippen LogP contribution >= 0.6 is 0 Å². The van der Waals surface area contributed by atoms with Crippen LogP contribution in [0, 0.1) is 7.11 Å². The molecule has 0 aliphatic rings. The van der Waals surface area contributed by atoms with Crippen LogP contribution in [0.4, 0.5) is 11.4 Å². The highest BCUT2D eigenvalue weighted by Crippen LogP contribution is 2.27. The number of benzene rings is 1. The lowest BCUT2D eigenvalue weighted by Gasteiger charge is -2.16. The lowest BCUT2D eigenvalue weighted by molar-refractivity contribution is 0.0655. The maximum absolute atomic E-state index is 12.8. The summed E-state index contributed by atoms with van der Waals surface area (Å²) < 4.78 is 5.97. The smallest absolute Gasteiger partial charge is 0.342 e. The number of nitrogens with one attached hydrogen (secondary N) is 1. The van der Waals surface area contributed by atoms with E-state index in [4.69, 9.17) is 0 Å². The van der Waals surface area contributed by atoms with Gasteiger partial charge in [0, 0.05) is 18.3 Å². The first-order valence-electron chi connectivity index (χ1n) is 7.99. The van der Waals surface area contributed by atoms with Gasteiger partial charge in [-0.25, -0.2) is 9.48 Å². The molecular formula is C19H17N4O3. The molecule has 0 spiro atoms. The summed E-state index contributed by atoms with van der Waals surface area (Å²) >= 11 is 0. The van der Waals surface area contributed by atoms with Gasteiger partial charge in [-0.3, -0.25) is 9.78 Å². The minimum Gasteiger partial charge on any atom is -0.458 e. The van der Waals surface area contributed by atoms with E-state index < -0.39 is 11.5 Å². The van der Waals surface area contributed by atoms with Crippen LogP contribution in [0.3, 0.4) is 0 Å². The van der Waals surface area contributed by atoms with Gasteiger partial charge in [0.15, 0.2) is 0 Å². The van der Waals surface area contributed by atoms with Crippen LogP contribution in [0.5, 0.6) is 0 Å². The zero-order chi connectivity index (χ0) is 18.5. The van der Waals surface area contributed by atoms with Gasteiger partial charge in [0.2, 0.25) is 0 Å². The van der Waals surface area contributed by atoms with E-state index in [1.807, 2.05) is 18.2 Å². The van der Waals surface area contributed by atoms with E-state index >= 15 is 0 Å². The highest BCUT2D eigenvalue weighted by molar-refractivity contribution is 6.02. The molecule has 3 rings (SSSR count). The highest BCUT2D eigenvalue weighted by Gasteiger charge is 2.25. The van der Waals surface area contributed by atoms with Crippen LogP contribution in [0.2, 0.25) is 0 Å². The first-order chi connectivity index (χ1) is 12.7. The number of esters is 1. The van der Waals surface area contributed by atoms with Gasteiger partial charge < -0.3 is 10.1 Å². The Balaban J connectivity index is 2.29. The number of ether oxygens (including phenoxy) is 1. The number of hydrogen-bond acceptors (Lipinski definition) is 6. The molecule has 0 unspecified atom stereocenters. The third-order valence-corrected chi connectivity index (χ3v) is 3.77. The average molecular weight is 349 g/mol. The summed E-state index contributed by atoms with van der Waals surface area (Å²) in [5.74, 6) is -0.747. The van der Waals surface area contributed by atoms with Crippen molar-refractivity contribution < 1.29 is 9.53 Å². The molecule has 0 saturated heterocycles. The lowest BCUT2D eigenvalue weighted by Crippen LogP contribution is -2.28. The number of rotatable bonds is 5. The van der Waals surface area contributed by atoms with E-state index in [1.54, 1.807) is 43.6 Å². The Labute approximate surface area is 150 Å². The Morgan fingerprint density at radius 2 is 2.00 bits per heavy atom. The van der Waals surface area contributed by atoms with E-state index in [1.165, 1.54) is 4.68 Å². The summed E-state index contributed by atoms with van der Waals surface area (Å²) in [7, 11) is 3.19. The van der Waals surface area contributed by atoms with Crippen molar-refractivity contribution in [2.24, 2.45) is 0 Å². The Morgan fingerprint density at radius 3 is 2.62 bits per heavy atom. The van der Waals surface area contributed by atoms with E-state index in [0.29, 0.717) is 23.5 Å². The minimum absolute atomic E-state index is 0.0322. The monoisotopic (exact) mass is 349 g/mol. The van der Waals surface area contributed by atoms with Crippen LogP contribution in [0.25, 0.3) is 11.3 Å². The predicted molar refractivity (Wildman–Crippen MR) is 97.9 cm³/mol. The summed E-state index contributed by atoms with van der Waals surface area (Å²) in [5, 5.41) is 7.33. The molecule has 3 aromatic rings. The second-order valence-corrected chi connectivity index (χ2v) is 5.38. The van der Waals surface area contributed by atoms with Gasteiger partial charge in [0.05, 0.1) is 11.9 Å². The van der Waals surface area contributed by atoms with Crippen molar-refractivity contribution in [3.8, 4) is 11.3 Å². The number of pyridine rings is 1. The standard InChI is InChI=1S/C19H17N4O3/c1-3-23-18(24)17(21-14-10-7-11-20-12-14)15(19(25)26-2)16(22-23)13-8-5-4-6-9-13/h4-12,21H,2-3H2,1H3. The maximum Gasteiger partial charge on any atom is 0.342 e. The molecule has 0 fully saturated rings. The van der Waals surface area contributed by atoms with Crippen LogP contribution in [-0.4, -0.2) is 20.7 Å². The Hall–Kier alpha value is -3.48. The number of aromatic nitrogens is 3. The quantitative estimate of drug-likeness (QED) is 0.713. The normalized spacial score (nSPS) is 10.4. The van der Waals surface area contributed by atoms with Crippen molar-refractivity contribution in [2.75, 3.05) is 5.32 Å². The molecule has 1 aromatic carbocycles. The molecular weight excluding hydrogens is 332 g/mol. The van der Waals surface area contributed by atoms with Crippen molar-refractivity contribution in [3.63, 3.8) is 0 Å². The topological polar surface area (TPSA) is 86.1 Å². The number of hydrogen-bond donors (Lipinski definition) is 1. The zero-order valence-corrected chi connectivity index (χ0v) is 14.2. The second-order valence-electron chi connectivity index (χ2n) is 5.38. The molecule has 0 aliphatic heterocycles. The zero-order valence-electron chi connectivity index (χ0n) is 14.2. The summed E-state index contributed by atoms with van der Waals surface area (Å²) in [5.41, 5.74) is 1.26. The van der Waals surface area contributed by atoms with Gasteiger partial charge in [-0.2, -0.15) is 5.10 Å². The fourth-order valence-corrected chi connectivity index (χ4v) is 2.55. The molecule has 0 saturated carbocycles. The third-order valence-electron chi connectivity index (χ3n) is 3.77. The van der Waals surface area contributed by atoms with Crippen molar-refractivity contribution in [2.45, 2.75) is 13.5 Å². The molecule has 1 radical (unpaired) electrons. The number of nitrogens with zero attached hydrogens (tertiary/aromatic N) is 3. The summed E-state index contributed by atoms with van der Waals surface area (Å²) in [6, 6.07) is 12.6. The molecule has 0 bridgehead atoms. The first kappa shape index (κ1) is 17.3. The Morgan fingerprint density at radius 1 is 1.23 bits per heavy atom. The second kappa shape index (κ2) is 7.60. The third kappa shape index (κ3) is 3.32. The molecule has 131 valence electrons. The van der Waals surface area contributed by atoms with Crippen molar-refractivity contribution in [1.29, 1.82) is 0 Å². The molecule has 0 atom stereocenters. The van der Waals surface area contributed by atoms with Crippen molar-refractivity contribution in [3.05, 3.63) is 77.9 Å². The minimum atomic E-state index is -0.747. The van der Waals surface area contributed by atoms with Crippen LogP contribution < -0.4 is 10.9 Å². The summed E-state index contributed by atoms with van der Waals surface area (Å²) in [6.45, 7) is 2.15. The number of carbonyl (C=O) groups excluding carboxylic acids is 1. The molecule has 2 heterocycles. The fourth-order valence-electron chi connectivity index (χ4n) is 2.55. The Kier molecular flexibility index (Phi) is 5.07. The van der Waals surface area contributed by atoms with Gasteiger partial charge in [-0.05, 0) is 19.1 Å². The van der Waals surface area contributed by atoms with Gasteiger partial charge in [0.1, 0.15) is 24.1 Å². The summed E-state index contributed by atoms with van der Waals surface area (Å²) in [6.07, 6.45) is 3.17. The molecule has 7 nitrogen and oxygen atoms in total. The maximum atomic E-state index is 12.8. The average Bonchev–Trinajstić information content (AvgIpc) is 2.70. The molecule has 7 heteroatoms. The molecule has 26 heavy (non-hydrogen) atoms. The van der Waals surface area contributed by atoms with Gasteiger partial charge in [0.25, 0.3) is 5.56 Å². The Bertz CT molecular complexity index is 969. The predicted octanol–water partition coefficient (Wildman–Crippen LogP) is 3.02. The number of carbonyl (C=O) groups is 1. The van der Waals surface area contributed by atoms with E-state index in [9.17, 15) is 9.59 Å². The van der Waals surface area contributed by atoms with Crippen LogP contribution in [0.15, 0.2) is 59.7 Å². The van der Waals surface area contributed by atoms with Crippen molar-refractivity contribution >= 4 is 17.3 Å². The number of anilines is 2. The van der Waals surface area contributed by atoms with Gasteiger partial charge in [-0.1, -0.05) is 30.3 Å². The molecule has 0 amide bonds. The van der Waals surface area contributed by atoms with E-state index in [0.717, 1.165) is 0 Å². The lowest BCUT2D eigenvalue weighted by atomic mass is 10.0. The SMILES string of the molecule is [CH2]OC(=O)c1c(-c2ccccc2)nn(CC)c(=O)c1Nc1cccnc1. The molecule has 1 N–H and O–H groups in total. The van der Waals surface area contributed by atoms with Crippen LogP contribution in [-0.2, 0) is 11.3 Å². The molecule has 0 aliphatic carbocycles. The van der Waals surface area contributed by atoms with Gasteiger partial charge in [-0.15, -0.1) is 0 Å². The highest BCUT2D eigenvalue weighted by atomic mass is 16.5. The largest absolute Gasteiger partial charge is 0.458 e. The molecule has 2 aromatic heterocycles. The van der Waals surface area contributed by atoms with Crippen molar-refractivity contribution in [1.82, 2.24) is 14.8 Å². The van der Waals surface area contributed by atoms with E-state index in [-0.39, 0.29) is 11.3 Å².